The van der Waals surface area contributed by atoms with Gasteiger partial charge in [0.15, 0.2) is 0 Å². The van der Waals surface area contributed by atoms with Crippen LogP contribution < -0.4 is 0 Å². The second kappa shape index (κ2) is 5.84. The van der Waals surface area contributed by atoms with Gasteiger partial charge in [0.05, 0.1) is 5.56 Å². The fourth-order valence-corrected chi connectivity index (χ4v) is 2.03. The van der Waals surface area contributed by atoms with Crippen LogP contribution in [-0.4, -0.2) is 6.18 Å². The molecular formula is C13H14F6. The van der Waals surface area contributed by atoms with Crippen molar-refractivity contribution < 1.29 is 26.3 Å². The summed E-state index contributed by atoms with van der Waals surface area (Å²) >= 11 is 0. The molecule has 1 aromatic rings. The van der Waals surface area contributed by atoms with E-state index in [9.17, 15) is 26.3 Å². The van der Waals surface area contributed by atoms with E-state index in [0.29, 0.717) is 0 Å². The molecule has 1 unspecified atom stereocenters. The summed E-state index contributed by atoms with van der Waals surface area (Å²) in [4.78, 5) is 0. The molecule has 0 aliphatic heterocycles. The number of hydrogen-bond donors (Lipinski definition) is 0. The van der Waals surface area contributed by atoms with Gasteiger partial charge in [0.1, 0.15) is 0 Å². The molecule has 0 N–H and O–H groups in total. The first-order chi connectivity index (χ1) is 8.65. The van der Waals surface area contributed by atoms with Crippen LogP contribution in [0.5, 0.6) is 0 Å². The molecule has 1 rings (SSSR count). The molecule has 0 saturated carbocycles. The third kappa shape index (κ3) is 4.76. The highest BCUT2D eigenvalue weighted by Gasteiger charge is 2.35. The minimum atomic E-state index is -4.54. The minimum absolute atomic E-state index is 0.0539. The zero-order valence-electron chi connectivity index (χ0n) is 10.3. The van der Waals surface area contributed by atoms with E-state index in [1.54, 1.807) is 6.92 Å². The Hall–Kier alpha value is -1.20. The van der Waals surface area contributed by atoms with Gasteiger partial charge >= 0.3 is 12.4 Å². The Morgan fingerprint density at radius 1 is 1.00 bits per heavy atom. The fourth-order valence-electron chi connectivity index (χ4n) is 2.03. The standard InChI is InChI=1S/C13H14F6/c1-2-9(7-8-12(14,15)16)10-5-3-4-6-11(10)13(17,18)19/h3-6,9H,2,7-8H2,1H3. The molecule has 0 heterocycles. The summed E-state index contributed by atoms with van der Waals surface area (Å²) in [5.41, 5.74) is -0.897. The summed E-state index contributed by atoms with van der Waals surface area (Å²) in [6.45, 7) is 1.59. The van der Waals surface area contributed by atoms with Crippen LogP contribution in [0.15, 0.2) is 24.3 Å². The summed E-state index contributed by atoms with van der Waals surface area (Å²) in [5, 5.41) is 0. The van der Waals surface area contributed by atoms with Crippen molar-refractivity contribution in [3.63, 3.8) is 0 Å². The average molecular weight is 284 g/mol. The van der Waals surface area contributed by atoms with Crippen LogP contribution in [0.4, 0.5) is 26.3 Å². The van der Waals surface area contributed by atoms with E-state index in [-0.39, 0.29) is 18.4 Å². The van der Waals surface area contributed by atoms with E-state index in [2.05, 4.69) is 0 Å². The molecule has 0 aromatic heterocycles. The summed E-state index contributed by atoms with van der Waals surface area (Å²) < 4.78 is 74.9. The van der Waals surface area contributed by atoms with Crippen molar-refractivity contribution in [1.29, 1.82) is 0 Å². The molecule has 19 heavy (non-hydrogen) atoms. The first kappa shape index (κ1) is 15.9. The topological polar surface area (TPSA) is 0 Å². The van der Waals surface area contributed by atoms with Crippen molar-refractivity contribution in [3.8, 4) is 0 Å². The average Bonchev–Trinajstić information content (AvgIpc) is 2.27. The highest BCUT2D eigenvalue weighted by molar-refractivity contribution is 5.32. The zero-order valence-corrected chi connectivity index (χ0v) is 10.3. The molecule has 0 saturated heterocycles. The largest absolute Gasteiger partial charge is 0.416 e. The number of hydrogen-bond acceptors (Lipinski definition) is 0. The number of rotatable bonds is 4. The van der Waals surface area contributed by atoms with Gasteiger partial charge < -0.3 is 0 Å². The molecule has 0 aliphatic carbocycles. The van der Waals surface area contributed by atoms with Gasteiger partial charge in [0, 0.05) is 6.42 Å². The van der Waals surface area contributed by atoms with Gasteiger partial charge in [-0.05, 0) is 30.4 Å². The molecule has 0 radical (unpaired) electrons. The van der Waals surface area contributed by atoms with Gasteiger partial charge in [-0.15, -0.1) is 0 Å². The third-order valence-corrected chi connectivity index (χ3v) is 2.98. The normalized spacial score (nSPS) is 14.5. The molecule has 108 valence electrons. The predicted octanol–water partition coefficient (Wildman–Crippen LogP) is 5.54. The van der Waals surface area contributed by atoms with Crippen molar-refractivity contribution in [2.75, 3.05) is 0 Å². The summed E-state index contributed by atoms with van der Waals surface area (Å²) in [5.74, 6) is -0.737. The lowest BCUT2D eigenvalue weighted by Gasteiger charge is -2.21. The fraction of sp³-hybridized carbons (Fsp3) is 0.538. The van der Waals surface area contributed by atoms with E-state index in [4.69, 9.17) is 0 Å². The maximum absolute atomic E-state index is 12.8. The van der Waals surface area contributed by atoms with Gasteiger partial charge in [0.25, 0.3) is 0 Å². The van der Waals surface area contributed by atoms with Crippen LogP contribution in [0, 0.1) is 0 Å². The second-order valence-corrected chi connectivity index (χ2v) is 4.34. The highest BCUT2D eigenvalue weighted by atomic mass is 19.4. The molecule has 6 heteroatoms. The van der Waals surface area contributed by atoms with Crippen LogP contribution in [0.3, 0.4) is 0 Å². The molecular weight excluding hydrogens is 270 g/mol. The first-order valence-electron chi connectivity index (χ1n) is 5.88. The smallest absolute Gasteiger partial charge is 0.171 e. The van der Waals surface area contributed by atoms with Crippen molar-refractivity contribution >= 4 is 0 Å². The van der Waals surface area contributed by atoms with Gasteiger partial charge in [-0.1, -0.05) is 25.1 Å². The first-order valence-corrected chi connectivity index (χ1v) is 5.88. The predicted molar refractivity (Wildman–Crippen MR) is 59.8 cm³/mol. The molecule has 0 nitrogen and oxygen atoms in total. The van der Waals surface area contributed by atoms with Crippen molar-refractivity contribution in [2.24, 2.45) is 0 Å². The summed E-state index contributed by atoms with van der Waals surface area (Å²) in [7, 11) is 0. The maximum atomic E-state index is 12.8. The Bertz CT molecular complexity index is 404. The molecule has 1 atom stereocenters. The summed E-state index contributed by atoms with van der Waals surface area (Å²) in [6.07, 6.45) is -10.0. The quantitative estimate of drug-likeness (QED) is 0.637. The van der Waals surface area contributed by atoms with E-state index in [1.165, 1.54) is 18.2 Å². The van der Waals surface area contributed by atoms with Crippen LogP contribution in [0.2, 0.25) is 0 Å². The van der Waals surface area contributed by atoms with E-state index >= 15 is 0 Å². The monoisotopic (exact) mass is 284 g/mol. The third-order valence-electron chi connectivity index (χ3n) is 2.98. The molecule has 0 fully saturated rings. The Labute approximate surface area is 107 Å². The molecule has 0 amide bonds. The van der Waals surface area contributed by atoms with Gasteiger partial charge in [-0.3, -0.25) is 0 Å². The Balaban J connectivity index is 2.99. The lowest BCUT2D eigenvalue weighted by atomic mass is 9.88. The Morgan fingerprint density at radius 3 is 2.05 bits per heavy atom. The van der Waals surface area contributed by atoms with E-state index in [1.807, 2.05) is 0 Å². The van der Waals surface area contributed by atoms with Crippen LogP contribution in [0.25, 0.3) is 0 Å². The van der Waals surface area contributed by atoms with Gasteiger partial charge in [-0.25, -0.2) is 0 Å². The highest BCUT2D eigenvalue weighted by Crippen LogP contribution is 2.39. The number of benzene rings is 1. The van der Waals surface area contributed by atoms with Crippen molar-refractivity contribution in [2.45, 2.75) is 44.5 Å². The van der Waals surface area contributed by atoms with Crippen molar-refractivity contribution in [1.82, 2.24) is 0 Å². The summed E-state index contributed by atoms with van der Waals surface area (Å²) in [6, 6.07) is 4.82. The molecule has 0 spiro atoms. The van der Waals surface area contributed by atoms with Crippen LogP contribution in [-0.2, 0) is 6.18 Å². The molecule has 0 aliphatic rings. The lowest BCUT2D eigenvalue weighted by Crippen LogP contribution is -2.14. The van der Waals surface area contributed by atoms with Crippen LogP contribution >= 0.6 is 0 Å². The maximum Gasteiger partial charge on any atom is 0.416 e. The molecule has 0 bridgehead atoms. The van der Waals surface area contributed by atoms with Gasteiger partial charge in [0.2, 0.25) is 0 Å². The number of halogens is 6. The van der Waals surface area contributed by atoms with Gasteiger partial charge in [-0.2, -0.15) is 26.3 Å². The lowest BCUT2D eigenvalue weighted by molar-refractivity contribution is -0.139. The second-order valence-electron chi connectivity index (χ2n) is 4.34. The molecule has 1 aromatic carbocycles. The van der Waals surface area contributed by atoms with Crippen molar-refractivity contribution in [3.05, 3.63) is 35.4 Å². The Kier molecular flexibility index (Phi) is 4.87. The SMILES string of the molecule is CCC(CCC(F)(F)F)c1ccccc1C(F)(F)F. The minimum Gasteiger partial charge on any atom is -0.171 e. The van der Waals surface area contributed by atoms with E-state index < -0.39 is 30.3 Å². The number of alkyl halides is 6. The van der Waals surface area contributed by atoms with Crippen LogP contribution in [0.1, 0.15) is 43.2 Å². The zero-order chi connectivity index (χ0) is 14.7. The van der Waals surface area contributed by atoms with E-state index in [0.717, 1.165) is 6.07 Å². The Morgan fingerprint density at radius 2 is 1.58 bits per heavy atom.